The summed E-state index contributed by atoms with van der Waals surface area (Å²) >= 11 is 0. The Kier molecular flexibility index (Phi) is 5.44. The van der Waals surface area contributed by atoms with Crippen LogP contribution in [0.1, 0.15) is 52.4 Å². The molecule has 5 nitrogen and oxygen atoms in total. The van der Waals surface area contributed by atoms with E-state index in [0.29, 0.717) is 6.42 Å². The molecule has 0 aliphatic heterocycles. The van der Waals surface area contributed by atoms with Gasteiger partial charge < -0.3 is 15.4 Å². The quantitative estimate of drug-likeness (QED) is 0.739. The maximum absolute atomic E-state index is 11.9. The minimum atomic E-state index is -0.938. The second kappa shape index (κ2) is 6.61. The summed E-state index contributed by atoms with van der Waals surface area (Å²) in [5.41, 5.74) is -0.938. The molecule has 0 bridgehead atoms. The molecule has 1 aliphatic rings. The zero-order valence-corrected chi connectivity index (χ0v) is 11.5. The molecule has 104 valence electrons. The summed E-state index contributed by atoms with van der Waals surface area (Å²) in [6.07, 6.45) is 5.74. The molecule has 1 fully saturated rings. The van der Waals surface area contributed by atoms with Crippen LogP contribution in [0.4, 0.5) is 4.79 Å². The van der Waals surface area contributed by atoms with Crippen molar-refractivity contribution in [3.63, 3.8) is 0 Å². The predicted octanol–water partition coefficient (Wildman–Crippen LogP) is 1.96. The number of hydrogen-bond acceptors (Lipinski definition) is 3. The largest absolute Gasteiger partial charge is 0.467 e. The van der Waals surface area contributed by atoms with Gasteiger partial charge in [0, 0.05) is 6.04 Å². The smallest absolute Gasteiger partial charge is 0.331 e. The van der Waals surface area contributed by atoms with Gasteiger partial charge in [0.15, 0.2) is 0 Å². The maximum atomic E-state index is 11.9. The maximum Gasteiger partial charge on any atom is 0.331 e. The SMILES string of the molecule is CCCC(C)(NC(=O)NC1CCCC1)C(=O)OC. The van der Waals surface area contributed by atoms with Gasteiger partial charge in [0.1, 0.15) is 5.54 Å². The molecule has 2 amide bonds. The van der Waals surface area contributed by atoms with Crippen LogP contribution in [-0.2, 0) is 9.53 Å². The van der Waals surface area contributed by atoms with Crippen LogP contribution in [0, 0.1) is 0 Å². The molecule has 1 unspecified atom stereocenters. The van der Waals surface area contributed by atoms with Crippen LogP contribution in [0.25, 0.3) is 0 Å². The van der Waals surface area contributed by atoms with Gasteiger partial charge in [0.25, 0.3) is 0 Å². The Balaban J connectivity index is 2.53. The molecular weight excluding hydrogens is 232 g/mol. The third-order valence-corrected chi connectivity index (χ3v) is 3.47. The highest BCUT2D eigenvalue weighted by atomic mass is 16.5. The first kappa shape index (κ1) is 14.8. The number of carbonyl (C=O) groups is 2. The van der Waals surface area contributed by atoms with Crippen molar-refractivity contribution in [3.8, 4) is 0 Å². The fourth-order valence-electron chi connectivity index (χ4n) is 2.48. The molecule has 1 aliphatic carbocycles. The lowest BCUT2D eigenvalue weighted by molar-refractivity contribution is -0.147. The van der Waals surface area contributed by atoms with Gasteiger partial charge in [-0.15, -0.1) is 0 Å². The van der Waals surface area contributed by atoms with Gasteiger partial charge >= 0.3 is 12.0 Å². The van der Waals surface area contributed by atoms with E-state index in [2.05, 4.69) is 10.6 Å². The zero-order chi connectivity index (χ0) is 13.6. The minimum Gasteiger partial charge on any atom is -0.467 e. The molecule has 0 aromatic heterocycles. The van der Waals surface area contributed by atoms with Crippen molar-refractivity contribution in [1.29, 1.82) is 0 Å². The average molecular weight is 256 g/mol. The molecular formula is C13H24N2O3. The Bertz CT molecular complexity index is 301. The minimum absolute atomic E-state index is 0.244. The first-order chi connectivity index (χ1) is 8.51. The summed E-state index contributed by atoms with van der Waals surface area (Å²) in [6, 6.07) is -0.0308. The third kappa shape index (κ3) is 3.89. The summed E-state index contributed by atoms with van der Waals surface area (Å²) in [5, 5.41) is 5.66. The van der Waals surface area contributed by atoms with Crippen molar-refractivity contribution in [1.82, 2.24) is 10.6 Å². The lowest BCUT2D eigenvalue weighted by Crippen LogP contribution is -2.56. The molecule has 0 radical (unpaired) electrons. The summed E-state index contributed by atoms with van der Waals surface area (Å²) in [5.74, 6) is -0.397. The molecule has 0 aromatic rings. The Morgan fingerprint density at radius 1 is 1.33 bits per heavy atom. The Morgan fingerprint density at radius 2 is 1.94 bits per heavy atom. The second-order valence-electron chi connectivity index (χ2n) is 5.15. The van der Waals surface area contributed by atoms with Crippen molar-refractivity contribution in [2.24, 2.45) is 0 Å². The van der Waals surface area contributed by atoms with E-state index in [0.717, 1.165) is 32.1 Å². The van der Waals surface area contributed by atoms with Crippen LogP contribution >= 0.6 is 0 Å². The first-order valence-electron chi connectivity index (χ1n) is 6.69. The Labute approximate surface area is 109 Å². The molecule has 1 rings (SSSR count). The van der Waals surface area contributed by atoms with E-state index in [1.807, 2.05) is 6.92 Å². The summed E-state index contributed by atoms with van der Waals surface area (Å²) in [6.45, 7) is 3.67. The fourth-order valence-corrected chi connectivity index (χ4v) is 2.48. The van der Waals surface area contributed by atoms with E-state index in [9.17, 15) is 9.59 Å². The number of nitrogens with one attached hydrogen (secondary N) is 2. The molecule has 0 aromatic carbocycles. The average Bonchev–Trinajstić information content (AvgIpc) is 2.80. The topological polar surface area (TPSA) is 67.4 Å². The van der Waals surface area contributed by atoms with Crippen molar-refractivity contribution >= 4 is 12.0 Å². The highest BCUT2D eigenvalue weighted by Gasteiger charge is 2.35. The summed E-state index contributed by atoms with van der Waals surface area (Å²) in [7, 11) is 1.34. The molecule has 2 N–H and O–H groups in total. The molecule has 0 heterocycles. The van der Waals surface area contributed by atoms with Crippen molar-refractivity contribution in [3.05, 3.63) is 0 Å². The highest BCUT2D eigenvalue weighted by Crippen LogP contribution is 2.18. The van der Waals surface area contributed by atoms with Crippen LogP contribution in [0.2, 0.25) is 0 Å². The highest BCUT2D eigenvalue weighted by molar-refractivity contribution is 5.87. The Hall–Kier alpha value is -1.26. The number of urea groups is 1. The van der Waals surface area contributed by atoms with E-state index in [-0.39, 0.29) is 12.1 Å². The molecule has 1 atom stereocenters. The number of rotatable bonds is 5. The van der Waals surface area contributed by atoms with E-state index in [1.54, 1.807) is 6.92 Å². The van der Waals surface area contributed by atoms with Gasteiger partial charge in [-0.25, -0.2) is 9.59 Å². The standard InChI is InChI=1S/C13H24N2O3/c1-4-9-13(2,11(16)18-3)15-12(17)14-10-7-5-6-8-10/h10H,4-9H2,1-3H3,(H2,14,15,17). The van der Waals surface area contributed by atoms with Gasteiger partial charge in [0.05, 0.1) is 7.11 Å². The molecule has 5 heteroatoms. The lowest BCUT2D eigenvalue weighted by atomic mass is 9.96. The Morgan fingerprint density at radius 3 is 2.44 bits per heavy atom. The van der Waals surface area contributed by atoms with Crippen LogP contribution < -0.4 is 10.6 Å². The lowest BCUT2D eigenvalue weighted by Gasteiger charge is -2.28. The predicted molar refractivity (Wildman–Crippen MR) is 69.3 cm³/mol. The van der Waals surface area contributed by atoms with Gasteiger partial charge in [0.2, 0.25) is 0 Å². The van der Waals surface area contributed by atoms with Gasteiger partial charge in [-0.1, -0.05) is 26.2 Å². The number of amides is 2. The van der Waals surface area contributed by atoms with E-state index >= 15 is 0 Å². The van der Waals surface area contributed by atoms with Gasteiger partial charge in [-0.3, -0.25) is 0 Å². The fraction of sp³-hybridized carbons (Fsp3) is 0.846. The normalized spacial score (nSPS) is 19.1. The van der Waals surface area contributed by atoms with Gasteiger partial charge in [-0.05, 0) is 26.2 Å². The van der Waals surface area contributed by atoms with Crippen molar-refractivity contribution < 1.29 is 14.3 Å². The number of ether oxygens (including phenoxy) is 1. The van der Waals surface area contributed by atoms with E-state index < -0.39 is 11.5 Å². The molecule has 1 saturated carbocycles. The number of hydrogen-bond donors (Lipinski definition) is 2. The van der Waals surface area contributed by atoms with Crippen LogP contribution in [0.5, 0.6) is 0 Å². The first-order valence-corrected chi connectivity index (χ1v) is 6.69. The van der Waals surface area contributed by atoms with Crippen LogP contribution in [-0.4, -0.2) is 30.7 Å². The van der Waals surface area contributed by atoms with E-state index in [4.69, 9.17) is 4.74 Å². The van der Waals surface area contributed by atoms with Gasteiger partial charge in [-0.2, -0.15) is 0 Å². The van der Waals surface area contributed by atoms with Crippen LogP contribution in [0.15, 0.2) is 0 Å². The van der Waals surface area contributed by atoms with Crippen LogP contribution in [0.3, 0.4) is 0 Å². The zero-order valence-electron chi connectivity index (χ0n) is 11.5. The second-order valence-corrected chi connectivity index (χ2v) is 5.15. The molecule has 18 heavy (non-hydrogen) atoms. The van der Waals surface area contributed by atoms with Crippen molar-refractivity contribution in [2.45, 2.75) is 64.0 Å². The number of esters is 1. The monoisotopic (exact) mass is 256 g/mol. The summed E-state index contributed by atoms with van der Waals surface area (Å²) in [4.78, 5) is 23.6. The third-order valence-electron chi connectivity index (χ3n) is 3.47. The van der Waals surface area contributed by atoms with Crippen molar-refractivity contribution in [2.75, 3.05) is 7.11 Å². The van der Waals surface area contributed by atoms with E-state index in [1.165, 1.54) is 7.11 Å². The summed E-state index contributed by atoms with van der Waals surface area (Å²) < 4.78 is 4.76. The molecule has 0 saturated heterocycles. The number of carbonyl (C=O) groups excluding carboxylic acids is 2. The molecule has 0 spiro atoms. The number of methoxy groups -OCH3 is 1.